The lowest BCUT2D eigenvalue weighted by atomic mass is 9.98. The van der Waals surface area contributed by atoms with Crippen molar-refractivity contribution < 1.29 is 9.90 Å². The normalized spacial score (nSPS) is 19.2. The summed E-state index contributed by atoms with van der Waals surface area (Å²) in [6, 6.07) is 7.52. The standard InChI is InChI=1S/C14H16N4O2/c15-12-13(17-11-6-2-1-5-10(11)16-12)18-7-3-4-9(8-18)14(19)20/h1-2,5-6,9H,3-4,7-8H2,(H2,15,16)(H,19,20)/t9-/m0/s1. The Bertz CT molecular complexity index is 659. The zero-order chi connectivity index (χ0) is 14.1. The van der Waals surface area contributed by atoms with Crippen LogP contribution in [-0.4, -0.2) is 34.1 Å². The Balaban J connectivity index is 1.96. The van der Waals surface area contributed by atoms with Gasteiger partial charge in [0.2, 0.25) is 0 Å². The number of carboxylic acid groups (broad SMARTS) is 1. The summed E-state index contributed by atoms with van der Waals surface area (Å²) in [5, 5.41) is 9.15. The number of fused-ring (bicyclic) bond motifs is 1. The van der Waals surface area contributed by atoms with E-state index in [-0.39, 0.29) is 5.92 Å². The number of hydrogen-bond donors (Lipinski definition) is 2. The number of hydrogen-bond acceptors (Lipinski definition) is 5. The van der Waals surface area contributed by atoms with Crippen LogP contribution in [0.3, 0.4) is 0 Å². The summed E-state index contributed by atoms with van der Waals surface area (Å²) in [6.07, 6.45) is 1.53. The van der Waals surface area contributed by atoms with Crippen LogP contribution in [0.4, 0.5) is 11.6 Å². The molecule has 1 aromatic heterocycles. The SMILES string of the molecule is Nc1nc2ccccc2nc1N1CCC[C@H](C(=O)O)C1. The van der Waals surface area contributed by atoms with Crippen molar-refractivity contribution in [3.05, 3.63) is 24.3 Å². The molecule has 1 aromatic carbocycles. The van der Waals surface area contributed by atoms with E-state index < -0.39 is 5.97 Å². The molecule has 1 saturated heterocycles. The topological polar surface area (TPSA) is 92.3 Å². The second kappa shape index (κ2) is 4.96. The van der Waals surface area contributed by atoms with Crippen LogP contribution in [0.2, 0.25) is 0 Å². The number of piperidine rings is 1. The molecule has 0 unspecified atom stereocenters. The van der Waals surface area contributed by atoms with Crippen LogP contribution in [0.15, 0.2) is 24.3 Å². The van der Waals surface area contributed by atoms with E-state index in [4.69, 9.17) is 10.8 Å². The van der Waals surface area contributed by atoms with Gasteiger partial charge in [-0.2, -0.15) is 0 Å². The summed E-state index contributed by atoms with van der Waals surface area (Å²) in [5.74, 6) is -0.178. The summed E-state index contributed by atoms with van der Waals surface area (Å²) >= 11 is 0. The van der Waals surface area contributed by atoms with Crippen LogP contribution >= 0.6 is 0 Å². The van der Waals surface area contributed by atoms with Gasteiger partial charge in [0, 0.05) is 13.1 Å². The third kappa shape index (κ3) is 2.24. The van der Waals surface area contributed by atoms with E-state index in [1.165, 1.54) is 0 Å². The molecular formula is C14H16N4O2. The molecule has 1 fully saturated rings. The van der Waals surface area contributed by atoms with E-state index in [9.17, 15) is 4.79 Å². The van der Waals surface area contributed by atoms with Gasteiger partial charge < -0.3 is 15.7 Å². The Kier molecular flexibility index (Phi) is 3.14. The predicted octanol–water partition coefficient (Wildman–Crippen LogP) is 1.51. The largest absolute Gasteiger partial charge is 0.481 e. The van der Waals surface area contributed by atoms with Crippen molar-refractivity contribution in [2.24, 2.45) is 5.92 Å². The fourth-order valence-electron chi connectivity index (χ4n) is 2.61. The first-order chi connectivity index (χ1) is 9.65. The van der Waals surface area contributed by atoms with Crippen LogP contribution in [0.5, 0.6) is 0 Å². The highest BCUT2D eigenvalue weighted by Crippen LogP contribution is 2.27. The number of nitrogens with two attached hydrogens (primary N) is 1. The summed E-state index contributed by atoms with van der Waals surface area (Å²) in [6.45, 7) is 1.20. The molecule has 0 saturated carbocycles. The van der Waals surface area contributed by atoms with E-state index in [2.05, 4.69) is 9.97 Å². The minimum Gasteiger partial charge on any atom is -0.481 e. The fraction of sp³-hybridized carbons (Fsp3) is 0.357. The lowest BCUT2D eigenvalue weighted by Crippen LogP contribution is -2.39. The number of nitrogens with zero attached hydrogens (tertiary/aromatic N) is 3. The monoisotopic (exact) mass is 272 g/mol. The molecule has 0 amide bonds. The summed E-state index contributed by atoms with van der Waals surface area (Å²) in [7, 11) is 0. The molecule has 3 rings (SSSR count). The highest BCUT2D eigenvalue weighted by atomic mass is 16.4. The second-order valence-electron chi connectivity index (χ2n) is 5.04. The number of para-hydroxylation sites is 2. The number of aromatic nitrogens is 2. The quantitative estimate of drug-likeness (QED) is 0.861. The number of aliphatic carboxylic acids is 1. The zero-order valence-electron chi connectivity index (χ0n) is 11.0. The van der Waals surface area contributed by atoms with Crippen molar-refractivity contribution >= 4 is 28.6 Å². The highest BCUT2D eigenvalue weighted by Gasteiger charge is 2.27. The van der Waals surface area contributed by atoms with E-state index in [1.807, 2.05) is 29.2 Å². The van der Waals surface area contributed by atoms with E-state index in [0.717, 1.165) is 24.0 Å². The van der Waals surface area contributed by atoms with Gasteiger partial charge in [-0.1, -0.05) is 12.1 Å². The number of benzene rings is 1. The molecule has 6 heteroatoms. The van der Waals surface area contributed by atoms with Gasteiger partial charge >= 0.3 is 5.97 Å². The molecule has 1 atom stereocenters. The Hall–Kier alpha value is -2.37. The van der Waals surface area contributed by atoms with Crippen LogP contribution in [0, 0.1) is 5.92 Å². The molecule has 2 heterocycles. The lowest BCUT2D eigenvalue weighted by molar-refractivity contribution is -0.141. The first kappa shape index (κ1) is 12.7. The minimum absolute atomic E-state index is 0.356. The minimum atomic E-state index is -0.762. The molecule has 20 heavy (non-hydrogen) atoms. The lowest BCUT2D eigenvalue weighted by Gasteiger charge is -2.32. The predicted molar refractivity (Wildman–Crippen MR) is 76.5 cm³/mol. The van der Waals surface area contributed by atoms with Gasteiger partial charge in [-0.05, 0) is 25.0 Å². The Morgan fingerprint density at radius 1 is 1.30 bits per heavy atom. The third-order valence-electron chi connectivity index (χ3n) is 3.65. The molecule has 6 nitrogen and oxygen atoms in total. The van der Waals surface area contributed by atoms with E-state index in [0.29, 0.717) is 24.6 Å². The second-order valence-corrected chi connectivity index (χ2v) is 5.04. The Morgan fingerprint density at radius 3 is 2.70 bits per heavy atom. The number of carboxylic acids is 1. The summed E-state index contributed by atoms with van der Waals surface area (Å²) in [5.41, 5.74) is 7.50. The maximum Gasteiger partial charge on any atom is 0.308 e. The van der Waals surface area contributed by atoms with Gasteiger partial charge in [-0.25, -0.2) is 9.97 Å². The highest BCUT2D eigenvalue weighted by molar-refractivity contribution is 5.80. The van der Waals surface area contributed by atoms with E-state index >= 15 is 0 Å². The van der Waals surface area contributed by atoms with Crippen LogP contribution in [-0.2, 0) is 4.79 Å². The maximum absolute atomic E-state index is 11.1. The van der Waals surface area contributed by atoms with Crippen LogP contribution in [0.1, 0.15) is 12.8 Å². The van der Waals surface area contributed by atoms with Crippen molar-refractivity contribution in [2.75, 3.05) is 23.7 Å². The first-order valence-corrected chi connectivity index (χ1v) is 6.65. The molecular weight excluding hydrogens is 256 g/mol. The maximum atomic E-state index is 11.1. The molecule has 1 aliphatic rings. The van der Waals surface area contributed by atoms with Crippen molar-refractivity contribution in [1.82, 2.24) is 9.97 Å². The fourth-order valence-corrected chi connectivity index (χ4v) is 2.61. The number of anilines is 2. The molecule has 0 aliphatic carbocycles. The van der Waals surface area contributed by atoms with Crippen molar-refractivity contribution in [3.8, 4) is 0 Å². The zero-order valence-corrected chi connectivity index (χ0v) is 11.0. The molecule has 3 N–H and O–H groups in total. The Labute approximate surface area is 116 Å². The number of rotatable bonds is 2. The van der Waals surface area contributed by atoms with Crippen molar-refractivity contribution in [2.45, 2.75) is 12.8 Å². The molecule has 0 bridgehead atoms. The van der Waals surface area contributed by atoms with E-state index in [1.54, 1.807) is 0 Å². The van der Waals surface area contributed by atoms with Gasteiger partial charge in [-0.15, -0.1) is 0 Å². The summed E-state index contributed by atoms with van der Waals surface area (Å²) in [4.78, 5) is 21.9. The average Bonchev–Trinajstić information content (AvgIpc) is 2.46. The van der Waals surface area contributed by atoms with Crippen molar-refractivity contribution in [3.63, 3.8) is 0 Å². The van der Waals surface area contributed by atoms with Crippen LogP contribution in [0.25, 0.3) is 11.0 Å². The molecule has 2 aromatic rings. The average molecular weight is 272 g/mol. The van der Waals surface area contributed by atoms with Gasteiger partial charge in [0.15, 0.2) is 11.6 Å². The third-order valence-corrected chi connectivity index (χ3v) is 3.65. The molecule has 1 aliphatic heterocycles. The number of nitrogen functional groups attached to an aromatic ring is 1. The molecule has 0 spiro atoms. The number of carbonyl (C=O) groups is 1. The summed E-state index contributed by atoms with van der Waals surface area (Å²) < 4.78 is 0. The van der Waals surface area contributed by atoms with Gasteiger partial charge in [0.1, 0.15) is 0 Å². The van der Waals surface area contributed by atoms with Crippen LogP contribution < -0.4 is 10.6 Å². The smallest absolute Gasteiger partial charge is 0.308 e. The first-order valence-electron chi connectivity index (χ1n) is 6.65. The van der Waals surface area contributed by atoms with Gasteiger partial charge in [-0.3, -0.25) is 4.79 Å². The van der Waals surface area contributed by atoms with Gasteiger partial charge in [0.25, 0.3) is 0 Å². The van der Waals surface area contributed by atoms with Gasteiger partial charge in [0.05, 0.1) is 17.0 Å². The molecule has 104 valence electrons. The molecule has 0 radical (unpaired) electrons. The van der Waals surface area contributed by atoms with Crippen molar-refractivity contribution in [1.29, 1.82) is 0 Å². The Morgan fingerprint density at radius 2 is 2.00 bits per heavy atom.